The minimum absolute atomic E-state index is 0.0663. The van der Waals surface area contributed by atoms with Gasteiger partial charge in [0.1, 0.15) is 12.2 Å². The van der Waals surface area contributed by atoms with Crippen molar-refractivity contribution in [3.05, 3.63) is 24.3 Å². The van der Waals surface area contributed by atoms with Crippen molar-refractivity contribution in [2.75, 3.05) is 0 Å². The Labute approximate surface area is 155 Å². The monoisotopic (exact) mass is 368 g/mol. The molecule has 0 aromatic rings. The van der Waals surface area contributed by atoms with Gasteiger partial charge in [0.05, 0.1) is 6.10 Å². The maximum absolute atomic E-state index is 10.5. The van der Waals surface area contributed by atoms with E-state index >= 15 is 0 Å². The van der Waals surface area contributed by atoms with E-state index in [-0.39, 0.29) is 30.7 Å². The van der Waals surface area contributed by atoms with Crippen LogP contribution in [0.5, 0.6) is 0 Å². The maximum Gasteiger partial charge on any atom is 0.303 e. The van der Waals surface area contributed by atoms with Crippen molar-refractivity contribution < 1.29 is 29.8 Å². The highest BCUT2D eigenvalue weighted by molar-refractivity contribution is 5.66. The van der Waals surface area contributed by atoms with Crippen molar-refractivity contribution in [1.82, 2.24) is 0 Å². The van der Waals surface area contributed by atoms with Gasteiger partial charge in [-0.3, -0.25) is 10.1 Å². The lowest BCUT2D eigenvalue weighted by molar-refractivity contribution is -0.336. The number of hydrogen-bond donors (Lipinski definition) is 2. The van der Waals surface area contributed by atoms with E-state index in [0.29, 0.717) is 12.3 Å². The Hall–Kier alpha value is -1.21. The average Bonchev–Trinajstić information content (AvgIpc) is 3.22. The first kappa shape index (κ1) is 21.1. The third-order valence-corrected chi connectivity index (χ3v) is 5.28. The number of hydrogen-bond acceptors (Lipinski definition) is 5. The van der Waals surface area contributed by atoms with Gasteiger partial charge < -0.3 is 5.11 Å². The van der Waals surface area contributed by atoms with Crippen LogP contribution < -0.4 is 0 Å². The first-order chi connectivity index (χ1) is 12.7. The molecule has 0 amide bonds. The quantitative estimate of drug-likeness (QED) is 0.215. The smallest absolute Gasteiger partial charge is 0.303 e. The van der Waals surface area contributed by atoms with E-state index in [1.54, 1.807) is 0 Å². The van der Waals surface area contributed by atoms with Gasteiger partial charge >= 0.3 is 5.97 Å². The molecule has 2 rings (SSSR count). The Morgan fingerprint density at radius 2 is 2.04 bits per heavy atom. The van der Waals surface area contributed by atoms with Crippen LogP contribution in [-0.2, 0) is 19.5 Å². The zero-order valence-corrected chi connectivity index (χ0v) is 15.6. The Morgan fingerprint density at radius 1 is 1.23 bits per heavy atom. The lowest BCUT2D eigenvalue weighted by Gasteiger charge is -2.27. The van der Waals surface area contributed by atoms with Crippen LogP contribution in [0, 0.1) is 11.8 Å². The number of unbranched alkanes of at least 4 members (excludes halogenated alkanes) is 3. The van der Waals surface area contributed by atoms with Gasteiger partial charge in [-0.25, -0.2) is 14.7 Å². The van der Waals surface area contributed by atoms with E-state index < -0.39 is 5.97 Å². The van der Waals surface area contributed by atoms with Crippen molar-refractivity contribution in [3.8, 4) is 0 Å². The number of carbonyl (C=O) groups is 1. The van der Waals surface area contributed by atoms with Crippen LogP contribution in [0.3, 0.4) is 0 Å². The summed E-state index contributed by atoms with van der Waals surface area (Å²) in [5.41, 5.74) is 0. The van der Waals surface area contributed by atoms with E-state index in [2.05, 4.69) is 30.0 Å². The van der Waals surface area contributed by atoms with Crippen LogP contribution in [0.4, 0.5) is 0 Å². The summed E-state index contributed by atoms with van der Waals surface area (Å²) in [6, 6.07) is 0. The Balaban J connectivity index is 1.82. The Kier molecular flexibility index (Phi) is 9.32. The molecule has 2 bridgehead atoms. The summed E-state index contributed by atoms with van der Waals surface area (Å²) in [4.78, 5) is 25.9. The summed E-state index contributed by atoms with van der Waals surface area (Å²) in [6.45, 7) is 2.15. The number of aliphatic carboxylic acids is 1. The highest BCUT2D eigenvalue weighted by Crippen LogP contribution is 2.44. The van der Waals surface area contributed by atoms with Crippen molar-refractivity contribution in [3.63, 3.8) is 0 Å². The van der Waals surface area contributed by atoms with Crippen molar-refractivity contribution in [2.45, 2.75) is 83.0 Å². The van der Waals surface area contributed by atoms with E-state index in [1.807, 2.05) is 6.08 Å². The van der Waals surface area contributed by atoms with Gasteiger partial charge in [0.25, 0.3) is 0 Å². The molecule has 6 heteroatoms. The van der Waals surface area contributed by atoms with Gasteiger partial charge in [-0.2, -0.15) is 0 Å². The molecular formula is C20H32O6. The number of carboxylic acids is 1. The minimum Gasteiger partial charge on any atom is -0.481 e. The van der Waals surface area contributed by atoms with E-state index in [4.69, 9.17) is 20.1 Å². The van der Waals surface area contributed by atoms with Crippen LogP contribution in [0.15, 0.2) is 24.3 Å². The SMILES string of the molecule is CCCCCC(C=C[C@@H]1[C@@H](CC=CCCCC(=O)O)[C@H]2C[C@H]1OO2)OO. The molecule has 1 heterocycles. The van der Waals surface area contributed by atoms with Gasteiger partial charge in [-0.1, -0.05) is 50.5 Å². The summed E-state index contributed by atoms with van der Waals surface area (Å²) in [5, 5.41) is 17.8. The standard InChI is InChI=1S/C20H32O6/c1-2-3-6-9-15(24-23)12-13-17-16(18-14-19(17)26-25-18)10-7-4-5-8-11-20(21)22/h4,7,12-13,15-19,23H,2-3,5-6,8-11,14H2,1H3,(H,21,22)/t15?,16-,17-,18-,19-/m1/s1. The fourth-order valence-corrected chi connectivity index (χ4v) is 3.79. The molecule has 5 atom stereocenters. The molecule has 26 heavy (non-hydrogen) atoms. The molecule has 2 aliphatic rings. The number of fused-ring (bicyclic) bond motifs is 2. The summed E-state index contributed by atoms with van der Waals surface area (Å²) in [7, 11) is 0. The molecule has 1 saturated heterocycles. The minimum atomic E-state index is -0.748. The number of carboxylic acid groups (broad SMARTS) is 1. The molecule has 0 spiro atoms. The highest BCUT2D eigenvalue weighted by atomic mass is 17.2. The van der Waals surface area contributed by atoms with Crippen LogP contribution in [0.1, 0.15) is 64.7 Å². The molecule has 6 nitrogen and oxygen atoms in total. The van der Waals surface area contributed by atoms with Crippen molar-refractivity contribution in [1.29, 1.82) is 0 Å². The first-order valence-electron chi connectivity index (χ1n) is 9.83. The zero-order valence-electron chi connectivity index (χ0n) is 15.6. The summed E-state index contributed by atoms with van der Waals surface area (Å²) < 4.78 is 0. The maximum atomic E-state index is 10.5. The fourth-order valence-electron chi connectivity index (χ4n) is 3.79. The molecule has 148 valence electrons. The molecule has 1 aliphatic heterocycles. The Bertz CT molecular complexity index is 475. The third kappa shape index (κ3) is 6.50. The van der Waals surface area contributed by atoms with Crippen molar-refractivity contribution in [2.24, 2.45) is 11.8 Å². The lowest BCUT2D eigenvalue weighted by atomic mass is 9.89. The summed E-state index contributed by atoms with van der Waals surface area (Å²) in [5.74, 6) is -0.154. The summed E-state index contributed by atoms with van der Waals surface area (Å²) >= 11 is 0. The molecular weight excluding hydrogens is 336 g/mol. The van der Waals surface area contributed by atoms with Gasteiger partial charge in [-0.05, 0) is 25.7 Å². The van der Waals surface area contributed by atoms with Crippen LogP contribution >= 0.6 is 0 Å². The zero-order chi connectivity index (χ0) is 18.8. The molecule has 0 aromatic heterocycles. The first-order valence-corrected chi connectivity index (χ1v) is 9.83. The predicted octanol–water partition coefficient (Wildman–Crippen LogP) is 4.52. The van der Waals surface area contributed by atoms with Crippen molar-refractivity contribution >= 4 is 5.97 Å². The molecule has 1 aliphatic carbocycles. The number of rotatable bonds is 13. The molecule has 2 N–H and O–H groups in total. The normalized spacial score (nSPS) is 29.2. The molecule has 1 unspecified atom stereocenters. The van der Waals surface area contributed by atoms with Gasteiger partial charge in [-0.15, -0.1) is 0 Å². The van der Waals surface area contributed by atoms with Gasteiger partial charge in [0.15, 0.2) is 0 Å². The molecule has 1 saturated carbocycles. The van der Waals surface area contributed by atoms with Gasteiger partial charge in [0.2, 0.25) is 0 Å². The molecule has 0 radical (unpaired) electrons. The van der Waals surface area contributed by atoms with Crippen LogP contribution in [0.25, 0.3) is 0 Å². The second kappa shape index (κ2) is 11.5. The molecule has 0 aromatic carbocycles. The number of allylic oxidation sites excluding steroid dienone is 2. The fraction of sp³-hybridized carbons (Fsp3) is 0.750. The van der Waals surface area contributed by atoms with Crippen LogP contribution in [0.2, 0.25) is 0 Å². The predicted molar refractivity (Wildman–Crippen MR) is 97.4 cm³/mol. The Morgan fingerprint density at radius 3 is 2.77 bits per heavy atom. The second-order valence-electron chi connectivity index (χ2n) is 7.26. The summed E-state index contributed by atoms with van der Waals surface area (Å²) in [6.07, 6.45) is 15.7. The lowest BCUT2D eigenvalue weighted by Crippen LogP contribution is -2.29. The van der Waals surface area contributed by atoms with E-state index in [1.165, 1.54) is 0 Å². The molecule has 2 fully saturated rings. The topological polar surface area (TPSA) is 85.2 Å². The van der Waals surface area contributed by atoms with Gasteiger partial charge in [0, 0.05) is 24.7 Å². The van der Waals surface area contributed by atoms with Crippen LogP contribution in [-0.4, -0.2) is 34.6 Å². The van der Waals surface area contributed by atoms with E-state index in [0.717, 1.165) is 44.9 Å². The third-order valence-electron chi connectivity index (χ3n) is 5.28. The highest BCUT2D eigenvalue weighted by Gasteiger charge is 2.49. The van der Waals surface area contributed by atoms with E-state index in [9.17, 15) is 4.79 Å². The second-order valence-corrected chi connectivity index (χ2v) is 7.26. The largest absolute Gasteiger partial charge is 0.481 e. The average molecular weight is 368 g/mol.